The van der Waals surface area contributed by atoms with Gasteiger partial charge < -0.3 is 5.11 Å². The highest BCUT2D eigenvalue weighted by atomic mass is 32.2. The average molecular weight is 282 g/mol. The summed E-state index contributed by atoms with van der Waals surface area (Å²) in [5, 5.41) is 21.4. The summed E-state index contributed by atoms with van der Waals surface area (Å²) in [4.78, 5) is 0. The molecule has 1 aromatic carbocycles. The second-order valence-electron chi connectivity index (χ2n) is 4.16. The molecule has 2 aromatic rings. The Kier molecular flexibility index (Phi) is 2.97. The maximum atomic E-state index is 12.4. The van der Waals surface area contributed by atoms with E-state index in [1.54, 1.807) is 12.1 Å². The van der Waals surface area contributed by atoms with E-state index >= 15 is 0 Å². The molecule has 0 aliphatic rings. The number of fused-ring (bicyclic) bond motifs is 1. The van der Waals surface area contributed by atoms with Crippen LogP contribution in [0.25, 0.3) is 10.9 Å². The molecule has 2 N–H and O–H groups in total. The maximum absolute atomic E-state index is 12.4. The molecule has 0 bridgehead atoms. The molecular formula is C11H14N4O3S. The number of phenolic OH excluding ortho intramolecular Hbond substituents is 1. The molecule has 1 aromatic heterocycles. The van der Waals surface area contributed by atoms with E-state index in [1.165, 1.54) is 31.8 Å². The predicted octanol–water partition coefficient (Wildman–Crippen LogP) is 0.897. The summed E-state index contributed by atoms with van der Waals surface area (Å²) >= 11 is 0. The number of sulfonamides is 1. The third kappa shape index (κ3) is 1.93. The molecule has 0 saturated heterocycles. The van der Waals surface area contributed by atoms with Crippen molar-refractivity contribution in [1.29, 1.82) is 5.41 Å². The monoisotopic (exact) mass is 282 g/mol. The number of aromatic nitrogens is 2. The third-order valence-electron chi connectivity index (χ3n) is 2.86. The van der Waals surface area contributed by atoms with E-state index in [2.05, 4.69) is 5.10 Å². The lowest BCUT2D eigenvalue weighted by Gasteiger charge is -2.17. The number of benzene rings is 1. The van der Waals surface area contributed by atoms with E-state index in [-0.39, 0.29) is 22.0 Å². The summed E-state index contributed by atoms with van der Waals surface area (Å²) in [5.74, 6) is -0.273. The van der Waals surface area contributed by atoms with Crippen LogP contribution >= 0.6 is 0 Å². The fraction of sp³-hybridized carbons (Fsp3) is 0.273. The van der Waals surface area contributed by atoms with Crippen LogP contribution in [0.1, 0.15) is 6.92 Å². The lowest BCUT2D eigenvalue weighted by atomic mass is 10.2. The predicted molar refractivity (Wildman–Crippen MR) is 70.7 cm³/mol. The van der Waals surface area contributed by atoms with Gasteiger partial charge in [0.25, 0.3) is 10.0 Å². The standard InChI is InChI=1S/C11H14N4O3S/c1-7(12)15(3)19(17,18)11-10-8(13-14(11)2)5-4-6-9(10)16/h4-6,12,16H,1-3H3. The van der Waals surface area contributed by atoms with Crippen LogP contribution in [-0.4, -0.2) is 40.5 Å². The minimum atomic E-state index is -3.93. The van der Waals surface area contributed by atoms with E-state index in [0.717, 1.165) is 4.31 Å². The smallest absolute Gasteiger partial charge is 0.282 e. The molecular weight excluding hydrogens is 268 g/mol. The molecule has 0 spiro atoms. The largest absolute Gasteiger partial charge is 0.507 e. The van der Waals surface area contributed by atoms with E-state index in [4.69, 9.17) is 5.41 Å². The van der Waals surface area contributed by atoms with E-state index in [9.17, 15) is 13.5 Å². The number of phenols is 1. The first kappa shape index (κ1) is 13.3. The van der Waals surface area contributed by atoms with Crippen LogP contribution in [0.2, 0.25) is 0 Å². The molecule has 0 unspecified atom stereocenters. The van der Waals surface area contributed by atoms with Crippen molar-refractivity contribution < 1.29 is 13.5 Å². The van der Waals surface area contributed by atoms with Crippen molar-refractivity contribution in [3.63, 3.8) is 0 Å². The summed E-state index contributed by atoms with van der Waals surface area (Å²) < 4.78 is 26.9. The summed E-state index contributed by atoms with van der Waals surface area (Å²) in [6, 6.07) is 4.61. The first-order valence-electron chi connectivity index (χ1n) is 5.45. The Hall–Kier alpha value is -2.09. The van der Waals surface area contributed by atoms with Gasteiger partial charge in [-0.15, -0.1) is 0 Å². The molecule has 0 atom stereocenters. The van der Waals surface area contributed by atoms with Gasteiger partial charge in [-0.2, -0.15) is 13.5 Å². The van der Waals surface area contributed by atoms with Crippen LogP contribution in [0, 0.1) is 5.41 Å². The quantitative estimate of drug-likeness (QED) is 0.631. The normalized spacial score (nSPS) is 11.7. The molecule has 102 valence electrons. The second kappa shape index (κ2) is 4.23. The van der Waals surface area contributed by atoms with Crippen molar-refractivity contribution in [2.75, 3.05) is 7.05 Å². The maximum Gasteiger partial charge on any atom is 0.282 e. The zero-order chi connectivity index (χ0) is 14.4. The van der Waals surface area contributed by atoms with Gasteiger partial charge in [0.05, 0.1) is 10.9 Å². The van der Waals surface area contributed by atoms with Crippen molar-refractivity contribution in [3.05, 3.63) is 18.2 Å². The highest BCUT2D eigenvalue weighted by Crippen LogP contribution is 2.31. The van der Waals surface area contributed by atoms with Gasteiger partial charge in [0, 0.05) is 14.1 Å². The van der Waals surface area contributed by atoms with Gasteiger partial charge in [-0.3, -0.25) is 14.4 Å². The zero-order valence-corrected chi connectivity index (χ0v) is 11.6. The van der Waals surface area contributed by atoms with E-state index in [0.29, 0.717) is 5.52 Å². The van der Waals surface area contributed by atoms with Crippen LogP contribution in [-0.2, 0) is 17.1 Å². The molecule has 2 rings (SSSR count). The number of aryl methyl sites for hydroxylation is 1. The van der Waals surface area contributed by atoms with Crippen molar-refractivity contribution >= 4 is 26.8 Å². The van der Waals surface area contributed by atoms with Crippen LogP contribution in [0.4, 0.5) is 0 Å². The zero-order valence-electron chi connectivity index (χ0n) is 10.7. The van der Waals surface area contributed by atoms with Gasteiger partial charge in [-0.05, 0) is 19.1 Å². The Bertz CT molecular complexity index is 764. The van der Waals surface area contributed by atoms with E-state index < -0.39 is 10.0 Å². The molecule has 0 aliphatic carbocycles. The summed E-state index contributed by atoms with van der Waals surface area (Å²) in [7, 11) is -1.15. The van der Waals surface area contributed by atoms with Gasteiger partial charge in [-0.25, -0.2) is 0 Å². The van der Waals surface area contributed by atoms with Crippen LogP contribution in [0.5, 0.6) is 5.75 Å². The van der Waals surface area contributed by atoms with Gasteiger partial charge >= 0.3 is 0 Å². The number of rotatable bonds is 2. The topological polar surface area (TPSA) is 99.3 Å². The summed E-state index contributed by atoms with van der Waals surface area (Å²) in [6.07, 6.45) is 0. The number of hydrogen-bond acceptors (Lipinski definition) is 5. The number of aromatic hydroxyl groups is 1. The second-order valence-corrected chi connectivity index (χ2v) is 6.04. The Labute approximate surface area is 110 Å². The van der Waals surface area contributed by atoms with Crippen LogP contribution in [0.15, 0.2) is 23.2 Å². The molecule has 0 fully saturated rings. The molecule has 7 nitrogen and oxygen atoms in total. The highest BCUT2D eigenvalue weighted by molar-refractivity contribution is 7.89. The van der Waals surface area contributed by atoms with Crippen LogP contribution in [0.3, 0.4) is 0 Å². The van der Waals surface area contributed by atoms with Gasteiger partial charge in [-0.1, -0.05) is 6.07 Å². The van der Waals surface area contributed by atoms with Crippen LogP contribution < -0.4 is 0 Å². The lowest BCUT2D eigenvalue weighted by Crippen LogP contribution is -2.32. The van der Waals surface area contributed by atoms with Crippen molar-refractivity contribution in [3.8, 4) is 5.75 Å². The number of amidine groups is 1. The van der Waals surface area contributed by atoms with E-state index in [1.807, 2.05) is 0 Å². The van der Waals surface area contributed by atoms with Gasteiger partial charge in [0.2, 0.25) is 0 Å². The van der Waals surface area contributed by atoms with Gasteiger partial charge in [0.15, 0.2) is 5.03 Å². The average Bonchev–Trinajstić information content (AvgIpc) is 2.66. The van der Waals surface area contributed by atoms with Crippen molar-refractivity contribution in [2.24, 2.45) is 7.05 Å². The van der Waals surface area contributed by atoms with Gasteiger partial charge in [0.1, 0.15) is 11.6 Å². The minimum Gasteiger partial charge on any atom is -0.507 e. The third-order valence-corrected chi connectivity index (χ3v) is 4.82. The molecule has 8 heteroatoms. The Morgan fingerprint density at radius 1 is 1.47 bits per heavy atom. The summed E-state index contributed by atoms with van der Waals surface area (Å²) in [6.45, 7) is 1.37. The van der Waals surface area contributed by atoms with Crippen molar-refractivity contribution in [2.45, 2.75) is 11.9 Å². The number of nitrogens with zero attached hydrogens (tertiary/aromatic N) is 3. The molecule has 0 amide bonds. The lowest BCUT2D eigenvalue weighted by molar-refractivity contribution is 0.479. The molecule has 0 saturated carbocycles. The molecule has 1 heterocycles. The summed E-state index contributed by atoms with van der Waals surface area (Å²) in [5.41, 5.74) is 0.386. The highest BCUT2D eigenvalue weighted by Gasteiger charge is 2.29. The minimum absolute atomic E-state index is 0.121. The molecule has 19 heavy (non-hydrogen) atoms. The Balaban J connectivity index is 2.83. The first-order valence-corrected chi connectivity index (χ1v) is 6.89. The SMILES string of the molecule is CC(=N)N(C)S(=O)(=O)c1c2c(O)cccc2nn1C. The molecule has 0 aliphatic heterocycles. The Morgan fingerprint density at radius 2 is 2.11 bits per heavy atom. The number of hydrogen-bond donors (Lipinski definition) is 2. The number of nitrogens with one attached hydrogen (secondary N) is 1. The fourth-order valence-corrected chi connectivity index (χ4v) is 3.27. The van der Waals surface area contributed by atoms with Crippen molar-refractivity contribution in [1.82, 2.24) is 14.1 Å². The Morgan fingerprint density at radius 3 is 2.68 bits per heavy atom. The fourth-order valence-electron chi connectivity index (χ4n) is 1.81. The molecule has 0 radical (unpaired) electrons. The first-order chi connectivity index (χ1) is 8.76.